The highest BCUT2D eigenvalue weighted by molar-refractivity contribution is 5.86. The van der Waals surface area contributed by atoms with E-state index in [0.717, 1.165) is 6.42 Å². The van der Waals surface area contributed by atoms with Gasteiger partial charge in [-0.1, -0.05) is 31.5 Å². The maximum Gasteiger partial charge on any atom is 0.242 e. The zero-order valence-corrected chi connectivity index (χ0v) is 15.7. The van der Waals surface area contributed by atoms with E-state index in [1.807, 2.05) is 6.92 Å². The van der Waals surface area contributed by atoms with Crippen molar-refractivity contribution >= 4 is 24.2 Å². The summed E-state index contributed by atoms with van der Waals surface area (Å²) in [5.41, 5.74) is 5.65. The van der Waals surface area contributed by atoms with Gasteiger partial charge >= 0.3 is 0 Å². The molecule has 140 valence electrons. The summed E-state index contributed by atoms with van der Waals surface area (Å²) >= 11 is 0. The van der Waals surface area contributed by atoms with Crippen molar-refractivity contribution in [3.05, 3.63) is 35.6 Å². The Morgan fingerprint density at radius 3 is 2.28 bits per heavy atom. The highest BCUT2D eigenvalue weighted by atomic mass is 35.5. The highest BCUT2D eigenvalue weighted by Crippen LogP contribution is 2.16. The Bertz CT molecular complexity index is 602. The molecule has 0 radical (unpaired) electrons. The first-order valence-corrected chi connectivity index (χ1v) is 8.44. The van der Waals surface area contributed by atoms with Crippen LogP contribution in [0.2, 0.25) is 0 Å². The molecule has 25 heavy (non-hydrogen) atoms. The van der Waals surface area contributed by atoms with E-state index in [0.29, 0.717) is 38.2 Å². The van der Waals surface area contributed by atoms with Crippen molar-refractivity contribution in [2.75, 3.05) is 26.2 Å². The third kappa shape index (κ3) is 5.41. The summed E-state index contributed by atoms with van der Waals surface area (Å²) in [4.78, 5) is 28.2. The summed E-state index contributed by atoms with van der Waals surface area (Å²) < 4.78 is 13.7. The molecule has 2 N–H and O–H groups in total. The Labute approximate surface area is 154 Å². The molecule has 1 aromatic rings. The molecule has 0 spiro atoms. The summed E-state index contributed by atoms with van der Waals surface area (Å²) in [7, 11) is 0. The molecule has 0 bridgehead atoms. The zero-order valence-electron chi connectivity index (χ0n) is 14.8. The van der Waals surface area contributed by atoms with Gasteiger partial charge in [0.2, 0.25) is 11.8 Å². The van der Waals surface area contributed by atoms with E-state index in [2.05, 4.69) is 0 Å². The number of carbonyl (C=O) groups is 2. The molecule has 1 heterocycles. The van der Waals surface area contributed by atoms with E-state index in [9.17, 15) is 14.0 Å². The predicted molar refractivity (Wildman–Crippen MR) is 98.0 cm³/mol. The fourth-order valence-corrected chi connectivity index (χ4v) is 3.06. The van der Waals surface area contributed by atoms with Crippen LogP contribution in [0.1, 0.15) is 32.3 Å². The molecule has 2 rings (SSSR count). The van der Waals surface area contributed by atoms with E-state index in [4.69, 9.17) is 5.73 Å². The van der Waals surface area contributed by atoms with Crippen LogP contribution in [0, 0.1) is 5.82 Å². The summed E-state index contributed by atoms with van der Waals surface area (Å²) in [6, 6.07) is 6.30. The first-order chi connectivity index (χ1) is 11.3. The van der Waals surface area contributed by atoms with E-state index in [1.165, 1.54) is 6.07 Å². The number of hydrogen-bond donors (Lipinski definition) is 1. The molecule has 1 fully saturated rings. The Morgan fingerprint density at radius 1 is 1.16 bits per heavy atom. The van der Waals surface area contributed by atoms with Crippen LogP contribution in [0.15, 0.2) is 24.3 Å². The summed E-state index contributed by atoms with van der Waals surface area (Å²) in [5, 5.41) is 0. The van der Waals surface area contributed by atoms with Gasteiger partial charge in [0.05, 0.1) is 12.0 Å². The van der Waals surface area contributed by atoms with E-state index in [1.54, 1.807) is 34.9 Å². The molecule has 5 nitrogen and oxygen atoms in total. The monoisotopic (exact) mass is 371 g/mol. The van der Waals surface area contributed by atoms with Gasteiger partial charge in [-0.25, -0.2) is 4.39 Å². The third-order valence-corrected chi connectivity index (χ3v) is 4.48. The van der Waals surface area contributed by atoms with E-state index >= 15 is 0 Å². The Morgan fingerprint density at radius 2 is 1.72 bits per heavy atom. The summed E-state index contributed by atoms with van der Waals surface area (Å²) in [6.07, 6.45) is 1.53. The Hall–Kier alpha value is -1.66. The van der Waals surface area contributed by atoms with Crippen molar-refractivity contribution in [3.63, 3.8) is 0 Å². The Balaban J connectivity index is 0.00000312. The lowest BCUT2D eigenvalue weighted by Gasteiger charge is -2.38. The standard InChI is InChI=1S/C18H26FN3O2.ClH/c1-3-8-18(2,20)17(24)22-11-9-21(10-12-22)16(23)13-14-6-4-5-7-15(14)19;/h4-7H,3,8-13,20H2,1-2H3;1H. The normalized spacial score (nSPS) is 16.8. The molecule has 1 saturated heterocycles. The highest BCUT2D eigenvalue weighted by Gasteiger charge is 2.34. The number of nitrogens with two attached hydrogens (primary N) is 1. The van der Waals surface area contributed by atoms with Crippen molar-refractivity contribution < 1.29 is 14.0 Å². The zero-order chi connectivity index (χ0) is 17.7. The number of piperazine rings is 1. The van der Waals surface area contributed by atoms with Gasteiger partial charge in [-0.3, -0.25) is 9.59 Å². The van der Waals surface area contributed by atoms with E-state index < -0.39 is 5.54 Å². The largest absolute Gasteiger partial charge is 0.339 e. The van der Waals surface area contributed by atoms with Crippen LogP contribution < -0.4 is 5.73 Å². The van der Waals surface area contributed by atoms with Crippen LogP contribution in [0.5, 0.6) is 0 Å². The van der Waals surface area contributed by atoms with Crippen LogP contribution in [-0.4, -0.2) is 53.3 Å². The first-order valence-electron chi connectivity index (χ1n) is 8.44. The first kappa shape index (κ1) is 21.4. The van der Waals surface area contributed by atoms with Crippen LogP contribution >= 0.6 is 12.4 Å². The number of hydrogen-bond acceptors (Lipinski definition) is 3. The number of carbonyl (C=O) groups excluding carboxylic acids is 2. The molecule has 1 aromatic carbocycles. The number of benzene rings is 1. The summed E-state index contributed by atoms with van der Waals surface area (Å²) in [5.74, 6) is -0.542. The van der Waals surface area contributed by atoms with Crippen LogP contribution in [0.4, 0.5) is 4.39 Å². The van der Waals surface area contributed by atoms with Gasteiger partial charge in [0.15, 0.2) is 0 Å². The SMILES string of the molecule is CCCC(C)(N)C(=O)N1CCN(C(=O)Cc2ccccc2F)CC1.Cl. The van der Waals surface area contributed by atoms with Gasteiger partial charge in [0.25, 0.3) is 0 Å². The quantitative estimate of drug-likeness (QED) is 0.860. The van der Waals surface area contributed by atoms with Crippen molar-refractivity contribution in [2.45, 2.75) is 38.6 Å². The van der Waals surface area contributed by atoms with Crippen molar-refractivity contribution in [1.29, 1.82) is 0 Å². The number of halogens is 2. The van der Waals surface area contributed by atoms with Gasteiger partial charge < -0.3 is 15.5 Å². The predicted octanol–water partition coefficient (Wildman–Crippen LogP) is 1.98. The van der Waals surface area contributed by atoms with Crippen molar-refractivity contribution in [2.24, 2.45) is 5.73 Å². The van der Waals surface area contributed by atoms with E-state index in [-0.39, 0.29) is 36.5 Å². The van der Waals surface area contributed by atoms with Gasteiger partial charge in [0, 0.05) is 26.2 Å². The van der Waals surface area contributed by atoms with Crippen molar-refractivity contribution in [1.82, 2.24) is 9.80 Å². The maximum atomic E-state index is 13.7. The molecule has 0 aliphatic carbocycles. The number of amides is 2. The second-order valence-corrected chi connectivity index (χ2v) is 6.61. The molecule has 0 saturated carbocycles. The van der Waals surface area contributed by atoms with Crippen LogP contribution in [0.3, 0.4) is 0 Å². The fourth-order valence-electron chi connectivity index (χ4n) is 3.06. The summed E-state index contributed by atoms with van der Waals surface area (Å²) in [6.45, 7) is 5.62. The second-order valence-electron chi connectivity index (χ2n) is 6.61. The molecule has 1 atom stereocenters. The number of nitrogens with zero attached hydrogens (tertiary/aromatic N) is 2. The van der Waals surface area contributed by atoms with Gasteiger partial charge in [-0.15, -0.1) is 12.4 Å². The topological polar surface area (TPSA) is 66.6 Å². The second kappa shape index (κ2) is 9.15. The van der Waals surface area contributed by atoms with Gasteiger partial charge in [0.1, 0.15) is 5.82 Å². The minimum absolute atomic E-state index is 0. The lowest BCUT2D eigenvalue weighted by Crippen LogP contribution is -2.58. The fraction of sp³-hybridized carbons (Fsp3) is 0.556. The molecule has 1 unspecified atom stereocenters. The third-order valence-electron chi connectivity index (χ3n) is 4.48. The maximum absolute atomic E-state index is 13.7. The molecular weight excluding hydrogens is 345 g/mol. The van der Waals surface area contributed by atoms with Crippen LogP contribution in [-0.2, 0) is 16.0 Å². The minimum atomic E-state index is -0.853. The molecule has 1 aliphatic rings. The minimum Gasteiger partial charge on any atom is -0.339 e. The van der Waals surface area contributed by atoms with Gasteiger partial charge in [-0.2, -0.15) is 0 Å². The number of rotatable bonds is 5. The molecule has 2 amide bonds. The van der Waals surface area contributed by atoms with Crippen LogP contribution in [0.25, 0.3) is 0 Å². The lowest BCUT2D eigenvalue weighted by atomic mass is 9.95. The molecule has 1 aliphatic heterocycles. The molecular formula is C18H27ClFN3O2. The Kier molecular flexibility index (Phi) is 7.83. The average molecular weight is 372 g/mol. The average Bonchev–Trinajstić information content (AvgIpc) is 2.56. The van der Waals surface area contributed by atoms with Crippen molar-refractivity contribution in [3.8, 4) is 0 Å². The molecule has 7 heteroatoms. The molecule has 0 aromatic heterocycles. The van der Waals surface area contributed by atoms with Gasteiger partial charge in [-0.05, 0) is 25.0 Å². The lowest BCUT2D eigenvalue weighted by molar-refractivity contribution is -0.142. The smallest absolute Gasteiger partial charge is 0.242 e.